The second kappa shape index (κ2) is 5.99. The minimum Gasteiger partial charge on any atom is -0.394 e. The molecule has 2 heterocycles. The number of pyridine rings is 1. The van der Waals surface area contributed by atoms with E-state index in [1.807, 2.05) is 18.3 Å². The average Bonchev–Trinajstić information content (AvgIpc) is 2.80. The second-order valence-electron chi connectivity index (χ2n) is 5.91. The lowest BCUT2D eigenvalue weighted by atomic mass is 9.81. The van der Waals surface area contributed by atoms with Crippen LogP contribution in [0.15, 0.2) is 18.3 Å². The maximum absolute atomic E-state index is 12.2. The second-order valence-corrected chi connectivity index (χ2v) is 5.91. The number of aliphatic hydroxyl groups is 2. The molecule has 0 unspecified atom stereocenters. The Balaban J connectivity index is 1.61. The van der Waals surface area contributed by atoms with E-state index in [4.69, 9.17) is 0 Å². The molecule has 1 aromatic rings. The summed E-state index contributed by atoms with van der Waals surface area (Å²) in [5, 5.41) is 21.6. The summed E-state index contributed by atoms with van der Waals surface area (Å²) in [4.78, 5) is 17.9. The molecule has 6 nitrogen and oxygen atoms in total. The largest absolute Gasteiger partial charge is 0.394 e. The van der Waals surface area contributed by atoms with E-state index in [1.54, 1.807) is 0 Å². The highest BCUT2D eigenvalue weighted by Gasteiger charge is 2.33. The Morgan fingerprint density at radius 3 is 2.81 bits per heavy atom. The van der Waals surface area contributed by atoms with Gasteiger partial charge in [0.05, 0.1) is 18.8 Å². The van der Waals surface area contributed by atoms with Gasteiger partial charge in [0.15, 0.2) is 0 Å². The van der Waals surface area contributed by atoms with E-state index in [9.17, 15) is 15.0 Å². The number of carbonyl (C=O) groups excluding carboxylic acids is 1. The van der Waals surface area contributed by atoms with Gasteiger partial charge in [0.2, 0.25) is 0 Å². The molecule has 1 aliphatic carbocycles. The lowest BCUT2D eigenvalue weighted by Crippen LogP contribution is -2.41. The number of rotatable bonds is 3. The first-order valence-corrected chi connectivity index (χ1v) is 7.50. The summed E-state index contributed by atoms with van der Waals surface area (Å²) in [7, 11) is 0. The van der Waals surface area contributed by atoms with Crippen LogP contribution in [0.3, 0.4) is 0 Å². The van der Waals surface area contributed by atoms with Crippen LogP contribution >= 0.6 is 0 Å². The molecule has 2 aliphatic rings. The molecule has 1 saturated heterocycles. The first-order chi connectivity index (χ1) is 10.2. The van der Waals surface area contributed by atoms with E-state index in [0.29, 0.717) is 18.2 Å². The lowest BCUT2D eigenvalue weighted by molar-refractivity contribution is 0.164. The van der Waals surface area contributed by atoms with Gasteiger partial charge in [-0.25, -0.2) is 9.78 Å². The zero-order chi connectivity index (χ0) is 14.8. The standard InChI is InChI=1S/C15H21N3O3/c19-9-12-6-13(20)8-18(12)15(21)17-14-5-4-11(7-16-14)10-2-1-3-10/h4-5,7,10,12-13,19-20H,1-3,6,8-9H2,(H,16,17,21)/t12-,13-/m0/s1. The van der Waals surface area contributed by atoms with Crippen LogP contribution in [0.1, 0.15) is 37.2 Å². The summed E-state index contributed by atoms with van der Waals surface area (Å²) in [5.41, 5.74) is 1.23. The molecule has 114 valence electrons. The van der Waals surface area contributed by atoms with Gasteiger partial charge < -0.3 is 15.1 Å². The monoisotopic (exact) mass is 291 g/mol. The smallest absolute Gasteiger partial charge is 0.323 e. The van der Waals surface area contributed by atoms with Crippen molar-refractivity contribution in [1.82, 2.24) is 9.88 Å². The van der Waals surface area contributed by atoms with Gasteiger partial charge in [0.25, 0.3) is 0 Å². The average molecular weight is 291 g/mol. The zero-order valence-corrected chi connectivity index (χ0v) is 11.9. The van der Waals surface area contributed by atoms with Gasteiger partial charge >= 0.3 is 6.03 Å². The van der Waals surface area contributed by atoms with Gasteiger partial charge in [-0.15, -0.1) is 0 Å². The number of hydrogen-bond acceptors (Lipinski definition) is 4. The third-order valence-electron chi connectivity index (χ3n) is 4.46. The molecule has 2 amide bonds. The Hall–Kier alpha value is -1.66. The normalized spacial score (nSPS) is 25.7. The highest BCUT2D eigenvalue weighted by atomic mass is 16.3. The Kier molecular flexibility index (Phi) is 4.07. The topological polar surface area (TPSA) is 85.7 Å². The summed E-state index contributed by atoms with van der Waals surface area (Å²) in [6.07, 6.45) is 5.39. The number of anilines is 1. The summed E-state index contributed by atoms with van der Waals surface area (Å²) < 4.78 is 0. The molecule has 21 heavy (non-hydrogen) atoms. The fourth-order valence-electron chi connectivity index (χ4n) is 2.96. The highest BCUT2D eigenvalue weighted by molar-refractivity contribution is 5.88. The van der Waals surface area contributed by atoms with Crippen molar-refractivity contribution in [2.75, 3.05) is 18.5 Å². The van der Waals surface area contributed by atoms with Crippen molar-refractivity contribution in [3.63, 3.8) is 0 Å². The number of nitrogens with zero attached hydrogens (tertiary/aromatic N) is 2. The molecule has 0 radical (unpaired) electrons. The van der Waals surface area contributed by atoms with E-state index in [2.05, 4.69) is 10.3 Å². The van der Waals surface area contributed by atoms with Gasteiger partial charge in [-0.3, -0.25) is 5.32 Å². The van der Waals surface area contributed by atoms with Crippen molar-refractivity contribution in [2.24, 2.45) is 0 Å². The first-order valence-electron chi connectivity index (χ1n) is 7.50. The van der Waals surface area contributed by atoms with Gasteiger partial charge in [0.1, 0.15) is 5.82 Å². The van der Waals surface area contributed by atoms with Crippen molar-refractivity contribution in [2.45, 2.75) is 43.7 Å². The molecular weight excluding hydrogens is 270 g/mol. The number of hydrogen-bond donors (Lipinski definition) is 3. The molecular formula is C15H21N3O3. The number of aliphatic hydroxyl groups excluding tert-OH is 2. The third-order valence-corrected chi connectivity index (χ3v) is 4.46. The first kappa shape index (κ1) is 14.3. The van der Waals surface area contributed by atoms with Crippen molar-refractivity contribution in [3.8, 4) is 0 Å². The van der Waals surface area contributed by atoms with Crippen LogP contribution in [0.5, 0.6) is 0 Å². The lowest BCUT2D eigenvalue weighted by Gasteiger charge is -2.25. The quantitative estimate of drug-likeness (QED) is 0.784. The van der Waals surface area contributed by atoms with Crippen LogP contribution in [0, 0.1) is 0 Å². The van der Waals surface area contributed by atoms with Crippen molar-refractivity contribution >= 4 is 11.8 Å². The summed E-state index contributed by atoms with van der Waals surface area (Å²) >= 11 is 0. The van der Waals surface area contributed by atoms with Gasteiger partial charge in [-0.05, 0) is 36.8 Å². The Morgan fingerprint density at radius 2 is 2.24 bits per heavy atom. The molecule has 6 heteroatoms. The van der Waals surface area contributed by atoms with E-state index < -0.39 is 6.10 Å². The predicted molar refractivity (Wildman–Crippen MR) is 78.1 cm³/mol. The van der Waals surface area contributed by atoms with Crippen LogP contribution in [0.4, 0.5) is 10.6 Å². The number of urea groups is 1. The number of amides is 2. The number of carbonyl (C=O) groups is 1. The van der Waals surface area contributed by atoms with Gasteiger partial charge in [0, 0.05) is 12.7 Å². The van der Waals surface area contributed by atoms with Crippen LogP contribution in [0.2, 0.25) is 0 Å². The maximum Gasteiger partial charge on any atom is 0.323 e. The third kappa shape index (κ3) is 3.01. The number of β-amino-alcohol motifs (C(OH)–C–C–N with tert-alkyl or cyclic N) is 1. The molecule has 1 saturated carbocycles. The molecule has 0 aromatic carbocycles. The zero-order valence-electron chi connectivity index (χ0n) is 11.9. The van der Waals surface area contributed by atoms with Crippen molar-refractivity contribution in [3.05, 3.63) is 23.9 Å². The minimum atomic E-state index is -0.568. The SMILES string of the molecule is O=C(Nc1ccc(C2CCC2)cn1)N1C[C@@H](O)C[C@H]1CO. The van der Waals surface area contributed by atoms with E-state index >= 15 is 0 Å². The summed E-state index contributed by atoms with van der Waals surface area (Å²) in [6, 6.07) is 3.17. The molecule has 2 atom stereocenters. The highest BCUT2D eigenvalue weighted by Crippen LogP contribution is 2.36. The Bertz CT molecular complexity index is 501. The van der Waals surface area contributed by atoms with Crippen LogP contribution in [-0.2, 0) is 0 Å². The fourth-order valence-corrected chi connectivity index (χ4v) is 2.96. The Labute approximate surface area is 123 Å². The van der Waals surface area contributed by atoms with Crippen LogP contribution in [0.25, 0.3) is 0 Å². The molecule has 0 spiro atoms. The molecule has 3 N–H and O–H groups in total. The number of likely N-dealkylation sites (tertiary alicyclic amines) is 1. The maximum atomic E-state index is 12.2. The molecule has 2 fully saturated rings. The summed E-state index contributed by atoms with van der Waals surface area (Å²) in [6.45, 7) is 0.107. The van der Waals surface area contributed by atoms with Gasteiger partial charge in [-0.2, -0.15) is 0 Å². The van der Waals surface area contributed by atoms with Crippen LogP contribution < -0.4 is 5.32 Å². The minimum absolute atomic E-state index is 0.140. The molecule has 1 aromatic heterocycles. The number of aromatic nitrogens is 1. The van der Waals surface area contributed by atoms with Crippen molar-refractivity contribution in [1.29, 1.82) is 0 Å². The number of nitrogens with one attached hydrogen (secondary N) is 1. The Morgan fingerprint density at radius 1 is 1.43 bits per heavy atom. The molecule has 1 aliphatic heterocycles. The van der Waals surface area contributed by atoms with Crippen molar-refractivity contribution < 1.29 is 15.0 Å². The molecule has 0 bridgehead atoms. The van der Waals surface area contributed by atoms with E-state index in [1.165, 1.54) is 29.7 Å². The molecule has 3 rings (SSSR count). The van der Waals surface area contributed by atoms with Gasteiger partial charge in [-0.1, -0.05) is 12.5 Å². The van der Waals surface area contributed by atoms with E-state index in [0.717, 1.165) is 0 Å². The summed E-state index contributed by atoms with van der Waals surface area (Å²) in [5.74, 6) is 1.12. The predicted octanol–water partition coefficient (Wildman–Crippen LogP) is 1.31. The fraction of sp³-hybridized carbons (Fsp3) is 0.600. The van der Waals surface area contributed by atoms with E-state index in [-0.39, 0.29) is 25.2 Å². The van der Waals surface area contributed by atoms with Crippen LogP contribution in [-0.4, -0.2) is 51.4 Å².